The van der Waals surface area contributed by atoms with Crippen LogP contribution >= 0.6 is 15.9 Å². The van der Waals surface area contributed by atoms with Crippen LogP contribution in [-0.4, -0.2) is 21.7 Å². The van der Waals surface area contributed by atoms with Crippen LogP contribution in [0.1, 0.15) is 44.7 Å². The van der Waals surface area contributed by atoms with E-state index in [1.165, 1.54) is 0 Å². The lowest BCUT2D eigenvalue weighted by Gasteiger charge is -2.25. The molecule has 1 heterocycles. The van der Waals surface area contributed by atoms with Gasteiger partial charge in [-0.2, -0.15) is 18.3 Å². The van der Waals surface area contributed by atoms with E-state index < -0.39 is 11.7 Å². The fourth-order valence-corrected chi connectivity index (χ4v) is 2.58. The standard InChI is InChI=1S/C14H14BrF3N2O.C2H6/c15-4-5-21-11-6-9-8-20(10-2-1-3-10)19-13(9)12(7-11)14(16,17)18;1-2/h6-8,10H,1-5H2;1-2H3. The Balaban J connectivity index is 0.000000924. The molecule has 0 spiro atoms. The molecule has 1 fully saturated rings. The van der Waals surface area contributed by atoms with E-state index in [-0.39, 0.29) is 17.3 Å². The maximum Gasteiger partial charge on any atom is 0.418 e. The molecule has 3 rings (SSSR count). The van der Waals surface area contributed by atoms with E-state index in [1.807, 2.05) is 13.8 Å². The van der Waals surface area contributed by atoms with Gasteiger partial charge in [-0.15, -0.1) is 0 Å². The van der Waals surface area contributed by atoms with Crippen LogP contribution in [0.5, 0.6) is 5.75 Å². The maximum absolute atomic E-state index is 13.2. The molecule has 1 aromatic carbocycles. The highest BCUT2D eigenvalue weighted by atomic mass is 79.9. The molecule has 23 heavy (non-hydrogen) atoms. The van der Waals surface area contributed by atoms with Crippen LogP contribution in [0.2, 0.25) is 0 Å². The Labute approximate surface area is 141 Å². The number of aromatic nitrogens is 2. The molecule has 0 N–H and O–H groups in total. The molecule has 0 bridgehead atoms. The third kappa shape index (κ3) is 4.00. The quantitative estimate of drug-likeness (QED) is 0.634. The predicted octanol–water partition coefficient (Wildman–Crippen LogP) is 5.58. The largest absolute Gasteiger partial charge is 0.493 e. The molecule has 7 heteroatoms. The molecule has 0 unspecified atom stereocenters. The molecular weight excluding hydrogens is 373 g/mol. The van der Waals surface area contributed by atoms with Crippen LogP contribution in [-0.2, 0) is 6.18 Å². The van der Waals surface area contributed by atoms with Gasteiger partial charge in [-0.3, -0.25) is 4.68 Å². The predicted molar refractivity (Wildman–Crippen MR) is 88.3 cm³/mol. The first kappa shape index (κ1) is 18.1. The van der Waals surface area contributed by atoms with Gasteiger partial charge in [-0.25, -0.2) is 0 Å². The van der Waals surface area contributed by atoms with Crippen molar-refractivity contribution >= 4 is 26.8 Å². The number of hydrogen-bond acceptors (Lipinski definition) is 2. The van der Waals surface area contributed by atoms with Crippen LogP contribution in [0.3, 0.4) is 0 Å². The number of halogens is 4. The maximum atomic E-state index is 13.2. The minimum atomic E-state index is -4.44. The fraction of sp³-hybridized carbons (Fsp3) is 0.562. The molecule has 0 amide bonds. The SMILES string of the molecule is CC.FC(F)(F)c1cc(OCCBr)cc2cn(C3CCC3)nc12. The highest BCUT2D eigenvalue weighted by molar-refractivity contribution is 9.09. The second-order valence-electron chi connectivity index (χ2n) is 5.14. The zero-order valence-electron chi connectivity index (χ0n) is 13.2. The zero-order chi connectivity index (χ0) is 17.0. The third-order valence-electron chi connectivity index (χ3n) is 3.70. The van der Waals surface area contributed by atoms with Crippen molar-refractivity contribution in [3.05, 3.63) is 23.9 Å². The van der Waals surface area contributed by atoms with Gasteiger partial charge in [0.1, 0.15) is 11.3 Å². The number of fused-ring (bicyclic) bond motifs is 1. The van der Waals surface area contributed by atoms with E-state index in [0.717, 1.165) is 25.3 Å². The normalized spacial score (nSPS) is 15.0. The Hall–Kier alpha value is -1.24. The second-order valence-corrected chi connectivity index (χ2v) is 5.93. The van der Waals surface area contributed by atoms with Crippen molar-refractivity contribution in [2.45, 2.75) is 45.3 Å². The van der Waals surface area contributed by atoms with E-state index in [9.17, 15) is 13.2 Å². The van der Waals surface area contributed by atoms with Crippen LogP contribution in [0, 0.1) is 0 Å². The van der Waals surface area contributed by atoms with Gasteiger partial charge in [0, 0.05) is 16.9 Å². The minimum absolute atomic E-state index is 0.000548. The van der Waals surface area contributed by atoms with Gasteiger partial charge < -0.3 is 4.74 Å². The molecule has 1 aromatic heterocycles. The monoisotopic (exact) mass is 392 g/mol. The molecule has 0 saturated heterocycles. The first-order chi connectivity index (χ1) is 11.0. The summed E-state index contributed by atoms with van der Waals surface area (Å²) in [6.45, 7) is 4.32. The average Bonchev–Trinajstić information content (AvgIpc) is 2.86. The van der Waals surface area contributed by atoms with Crippen LogP contribution in [0.4, 0.5) is 13.2 Å². The van der Waals surface area contributed by atoms with Crippen molar-refractivity contribution in [2.75, 3.05) is 11.9 Å². The van der Waals surface area contributed by atoms with Crippen LogP contribution in [0.15, 0.2) is 18.3 Å². The van der Waals surface area contributed by atoms with Gasteiger partial charge in [0.25, 0.3) is 0 Å². The lowest BCUT2D eigenvalue weighted by Crippen LogP contribution is -2.17. The number of rotatable bonds is 4. The van der Waals surface area contributed by atoms with Crippen molar-refractivity contribution in [3.8, 4) is 5.75 Å². The van der Waals surface area contributed by atoms with E-state index in [0.29, 0.717) is 17.3 Å². The van der Waals surface area contributed by atoms with Crippen molar-refractivity contribution in [1.82, 2.24) is 9.78 Å². The highest BCUT2D eigenvalue weighted by Crippen LogP contribution is 2.39. The molecule has 1 aliphatic carbocycles. The fourth-order valence-electron chi connectivity index (χ4n) is 2.42. The highest BCUT2D eigenvalue weighted by Gasteiger charge is 2.35. The van der Waals surface area contributed by atoms with Crippen molar-refractivity contribution < 1.29 is 17.9 Å². The number of benzene rings is 1. The number of alkyl halides is 4. The first-order valence-corrected chi connectivity index (χ1v) is 8.90. The van der Waals surface area contributed by atoms with Gasteiger partial charge in [-0.05, 0) is 31.4 Å². The first-order valence-electron chi connectivity index (χ1n) is 7.78. The molecule has 1 saturated carbocycles. The molecular formula is C16H20BrF3N2O. The topological polar surface area (TPSA) is 27.1 Å². The molecule has 0 aliphatic heterocycles. The summed E-state index contributed by atoms with van der Waals surface area (Å²) < 4.78 is 46.6. The van der Waals surface area contributed by atoms with Crippen molar-refractivity contribution in [3.63, 3.8) is 0 Å². The summed E-state index contributed by atoms with van der Waals surface area (Å²) >= 11 is 3.19. The Bertz CT molecular complexity index is 651. The van der Waals surface area contributed by atoms with Gasteiger partial charge in [0.05, 0.1) is 18.2 Å². The van der Waals surface area contributed by atoms with Gasteiger partial charge in [0.15, 0.2) is 0 Å². The lowest BCUT2D eigenvalue weighted by molar-refractivity contribution is -0.136. The lowest BCUT2D eigenvalue weighted by atomic mass is 9.93. The summed E-state index contributed by atoms with van der Waals surface area (Å²) in [5, 5.41) is 5.19. The number of hydrogen-bond donors (Lipinski definition) is 0. The van der Waals surface area contributed by atoms with E-state index >= 15 is 0 Å². The number of ether oxygens (including phenoxy) is 1. The van der Waals surface area contributed by atoms with Gasteiger partial charge >= 0.3 is 6.18 Å². The molecule has 0 atom stereocenters. The van der Waals surface area contributed by atoms with Gasteiger partial charge in [-0.1, -0.05) is 29.8 Å². The molecule has 1 aliphatic rings. The molecule has 3 nitrogen and oxygen atoms in total. The molecule has 0 radical (unpaired) electrons. The van der Waals surface area contributed by atoms with Crippen molar-refractivity contribution in [1.29, 1.82) is 0 Å². The Morgan fingerprint density at radius 2 is 2.00 bits per heavy atom. The van der Waals surface area contributed by atoms with Crippen molar-refractivity contribution in [2.24, 2.45) is 0 Å². The Morgan fingerprint density at radius 3 is 2.52 bits per heavy atom. The minimum Gasteiger partial charge on any atom is -0.493 e. The summed E-state index contributed by atoms with van der Waals surface area (Å²) in [6.07, 6.45) is 0.303. The second kappa shape index (κ2) is 7.55. The van der Waals surface area contributed by atoms with E-state index in [4.69, 9.17) is 4.74 Å². The molecule has 2 aromatic rings. The Morgan fingerprint density at radius 1 is 1.30 bits per heavy atom. The van der Waals surface area contributed by atoms with E-state index in [2.05, 4.69) is 21.0 Å². The van der Waals surface area contributed by atoms with Gasteiger partial charge in [0.2, 0.25) is 0 Å². The zero-order valence-corrected chi connectivity index (χ0v) is 14.7. The Kier molecular flexibility index (Phi) is 5.95. The summed E-state index contributed by atoms with van der Waals surface area (Å²) in [5.74, 6) is 0.224. The third-order valence-corrected chi connectivity index (χ3v) is 4.02. The smallest absolute Gasteiger partial charge is 0.418 e. The molecule has 128 valence electrons. The van der Waals surface area contributed by atoms with Crippen LogP contribution < -0.4 is 4.74 Å². The van der Waals surface area contributed by atoms with Crippen LogP contribution in [0.25, 0.3) is 10.9 Å². The summed E-state index contributed by atoms with van der Waals surface area (Å²) in [5.41, 5.74) is -0.733. The summed E-state index contributed by atoms with van der Waals surface area (Å²) in [4.78, 5) is 0. The summed E-state index contributed by atoms with van der Waals surface area (Å²) in [7, 11) is 0. The summed E-state index contributed by atoms with van der Waals surface area (Å²) in [6, 6.07) is 2.88. The van der Waals surface area contributed by atoms with E-state index in [1.54, 1.807) is 16.9 Å². The average molecular weight is 393 g/mol. The number of nitrogens with zero attached hydrogens (tertiary/aromatic N) is 2.